The number of carbonyl (C=O) groups is 2. The van der Waals surface area contributed by atoms with Gasteiger partial charge < -0.3 is 24.8 Å². The number of phenols is 1. The summed E-state index contributed by atoms with van der Waals surface area (Å²) in [6, 6.07) is 9.99. The zero-order valence-corrected chi connectivity index (χ0v) is 15.1. The Morgan fingerprint density at radius 2 is 1.81 bits per heavy atom. The van der Waals surface area contributed by atoms with Crippen LogP contribution in [0.3, 0.4) is 0 Å². The van der Waals surface area contributed by atoms with Gasteiger partial charge in [-0.1, -0.05) is 24.3 Å². The average molecular weight is 368 g/mol. The lowest BCUT2D eigenvalue weighted by atomic mass is 9.85. The van der Waals surface area contributed by atoms with Gasteiger partial charge >= 0.3 is 0 Å². The lowest BCUT2D eigenvalue weighted by Crippen LogP contribution is -2.61. The number of aromatic hydroxyl groups is 1. The molecule has 0 radical (unpaired) electrons. The smallest absolute Gasteiger partial charge is 0.255 e. The molecular weight excluding hydrogens is 348 g/mol. The fourth-order valence-corrected chi connectivity index (χ4v) is 3.91. The summed E-state index contributed by atoms with van der Waals surface area (Å²) in [5.41, 5.74) is 2.43. The number of amides is 2. The Morgan fingerprint density at radius 3 is 2.48 bits per heavy atom. The van der Waals surface area contributed by atoms with Gasteiger partial charge in [0.2, 0.25) is 11.7 Å². The summed E-state index contributed by atoms with van der Waals surface area (Å²) in [5.74, 6) is -0.342. The van der Waals surface area contributed by atoms with Crippen LogP contribution in [-0.4, -0.2) is 48.6 Å². The van der Waals surface area contributed by atoms with Crippen molar-refractivity contribution in [3.8, 4) is 17.2 Å². The van der Waals surface area contributed by atoms with E-state index in [2.05, 4.69) is 5.32 Å². The van der Waals surface area contributed by atoms with E-state index in [-0.39, 0.29) is 35.1 Å². The molecule has 140 valence electrons. The highest BCUT2D eigenvalue weighted by molar-refractivity contribution is 6.00. The predicted molar refractivity (Wildman–Crippen MR) is 97.1 cm³/mol. The van der Waals surface area contributed by atoms with Crippen molar-refractivity contribution in [2.24, 2.45) is 0 Å². The van der Waals surface area contributed by atoms with E-state index in [1.807, 2.05) is 24.3 Å². The third-order valence-corrected chi connectivity index (χ3v) is 5.23. The molecule has 1 fully saturated rings. The van der Waals surface area contributed by atoms with Gasteiger partial charge in [0.1, 0.15) is 6.04 Å². The number of fused-ring (bicyclic) bond motifs is 4. The van der Waals surface area contributed by atoms with E-state index in [1.54, 1.807) is 4.90 Å². The number of phenolic OH excluding ortho intramolecular Hbond substituents is 1. The molecule has 27 heavy (non-hydrogen) atoms. The van der Waals surface area contributed by atoms with Crippen LogP contribution in [0.4, 0.5) is 0 Å². The van der Waals surface area contributed by atoms with Crippen molar-refractivity contribution >= 4 is 11.8 Å². The number of methoxy groups -OCH3 is 2. The van der Waals surface area contributed by atoms with E-state index in [0.717, 1.165) is 11.1 Å². The molecule has 0 aliphatic carbocycles. The van der Waals surface area contributed by atoms with Gasteiger partial charge in [0.25, 0.3) is 5.91 Å². The van der Waals surface area contributed by atoms with E-state index < -0.39 is 6.04 Å². The van der Waals surface area contributed by atoms with Crippen molar-refractivity contribution in [3.63, 3.8) is 0 Å². The van der Waals surface area contributed by atoms with Crippen LogP contribution in [0.2, 0.25) is 0 Å². The molecule has 0 spiro atoms. The Balaban J connectivity index is 1.79. The molecule has 0 unspecified atom stereocenters. The maximum Gasteiger partial charge on any atom is 0.255 e. The Hall–Kier alpha value is -3.22. The number of benzene rings is 2. The first-order valence-corrected chi connectivity index (χ1v) is 8.68. The van der Waals surface area contributed by atoms with Gasteiger partial charge in [0, 0.05) is 18.5 Å². The first kappa shape index (κ1) is 17.2. The van der Waals surface area contributed by atoms with Crippen LogP contribution in [0.15, 0.2) is 36.4 Å². The second kappa shape index (κ2) is 6.50. The van der Waals surface area contributed by atoms with Gasteiger partial charge in [-0.2, -0.15) is 0 Å². The van der Waals surface area contributed by atoms with Gasteiger partial charge in [-0.05, 0) is 23.3 Å². The minimum absolute atomic E-state index is 0.143. The van der Waals surface area contributed by atoms with Gasteiger partial charge in [-0.15, -0.1) is 0 Å². The molecule has 2 bridgehead atoms. The fourth-order valence-electron chi connectivity index (χ4n) is 3.91. The van der Waals surface area contributed by atoms with E-state index in [0.29, 0.717) is 18.5 Å². The summed E-state index contributed by atoms with van der Waals surface area (Å²) in [7, 11) is 2.81. The monoisotopic (exact) mass is 368 g/mol. The second-order valence-electron chi connectivity index (χ2n) is 6.62. The Bertz CT molecular complexity index is 901. The quantitative estimate of drug-likeness (QED) is 0.860. The van der Waals surface area contributed by atoms with Crippen molar-refractivity contribution in [3.05, 3.63) is 53.1 Å². The fraction of sp³-hybridized carbons (Fsp3) is 0.300. The normalized spacial score (nSPS) is 20.5. The van der Waals surface area contributed by atoms with Crippen LogP contribution in [0.25, 0.3) is 0 Å². The minimum atomic E-state index is -0.572. The lowest BCUT2D eigenvalue weighted by Gasteiger charge is -2.46. The summed E-state index contributed by atoms with van der Waals surface area (Å²) in [6.45, 7) is 0.366. The number of hydrogen-bond donors (Lipinski definition) is 2. The zero-order chi connectivity index (χ0) is 19.1. The van der Waals surface area contributed by atoms with Crippen LogP contribution in [0, 0.1) is 0 Å². The Kier molecular flexibility index (Phi) is 4.14. The molecule has 2 atom stereocenters. The minimum Gasteiger partial charge on any atom is -0.502 e. The van der Waals surface area contributed by atoms with E-state index in [1.165, 1.54) is 26.4 Å². The zero-order valence-electron chi connectivity index (χ0n) is 15.1. The van der Waals surface area contributed by atoms with E-state index in [9.17, 15) is 14.7 Å². The second-order valence-corrected chi connectivity index (χ2v) is 6.62. The standard InChI is InChI=1S/C20H20N2O5/c1-26-16-8-12(9-17(27-2)18(16)23)20(25)22-14-7-11-5-3-4-6-13(11)15(22)10-21-19(14)24/h3-6,8-9,14-15,23H,7,10H2,1-2H3,(H,21,24)/t14-,15-/m0/s1. The van der Waals surface area contributed by atoms with Gasteiger partial charge in [-0.3, -0.25) is 9.59 Å². The number of hydrogen-bond acceptors (Lipinski definition) is 5. The maximum atomic E-state index is 13.4. The number of carbonyl (C=O) groups excluding carboxylic acids is 2. The van der Waals surface area contributed by atoms with Gasteiger partial charge in [-0.25, -0.2) is 0 Å². The highest BCUT2D eigenvalue weighted by Gasteiger charge is 2.44. The van der Waals surface area contributed by atoms with Gasteiger partial charge in [0.05, 0.1) is 20.3 Å². The van der Waals surface area contributed by atoms with Crippen LogP contribution >= 0.6 is 0 Å². The summed E-state index contributed by atoms with van der Waals surface area (Å²) in [4.78, 5) is 27.5. The van der Waals surface area contributed by atoms with Crippen LogP contribution < -0.4 is 14.8 Å². The molecule has 1 saturated heterocycles. The Morgan fingerprint density at radius 1 is 1.15 bits per heavy atom. The largest absolute Gasteiger partial charge is 0.502 e. The maximum absolute atomic E-state index is 13.4. The Labute approximate surface area is 156 Å². The average Bonchev–Trinajstić information content (AvgIpc) is 2.70. The summed E-state index contributed by atoms with van der Waals surface area (Å²) in [5, 5.41) is 13.0. The highest BCUT2D eigenvalue weighted by Crippen LogP contribution is 2.40. The van der Waals surface area contributed by atoms with Crippen LogP contribution in [-0.2, 0) is 11.2 Å². The van der Waals surface area contributed by atoms with Gasteiger partial charge in [0.15, 0.2) is 11.5 Å². The molecule has 2 aromatic rings. The van der Waals surface area contributed by atoms with Crippen LogP contribution in [0.1, 0.15) is 27.5 Å². The molecule has 2 aliphatic rings. The predicted octanol–water partition coefficient (Wildman–Crippen LogP) is 1.65. The highest BCUT2D eigenvalue weighted by atomic mass is 16.5. The molecule has 2 aliphatic heterocycles. The van der Waals surface area contributed by atoms with Crippen molar-refractivity contribution in [1.82, 2.24) is 10.2 Å². The molecular formula is C20H20N2O5. The first-order valence-electron chi connectivity index (χ1n) is 8.68. The van der Waals surface area contributed by atoms with Crippen LogP contribution in [0.5, 0.6) is 17.2 Å². The van der Waals surface area contributed by atoms with Crippen molar-refractivity contribution in [2.45, 2.75) is 18.5 Å². The first-order chi connectivity index (χ1) is 13.0. The van der Waals surface area contributed by atoms with Crippen molar-refractivity contribution in [2.75, 3.05) is 20.8 Å². The van der Waals surface area contributed by atoms with Crippen molar-refractivity contribution < 1.29 is 24.2 Å². The number of nitrogens with one attached hydrogen (secondary N) is 1. The molecule has 2 N–H and O–H groups in total. The third kappa shape index (κ3) is 2.66. The molecule has 7 heteroatoms. The number of rotatable bonds is 3. The summed E-state index contributed by atoms with van der Waals surface area (Å²) in [6.07, 6.45) is 0.469. The summed E-state index contributed by atoms with van der Waals surface area (Å²) < 4.78 is 10.3. The van der Waals surface area contributed by atoms with Crippen molar-refractivity contribution in [1.29, 1.82) is 0 Å². The van der Waals surface area contributed by atoms with E-state index >= 15 is 0 Å². The SMILES string of the molecule is COc1cc(C(=O)N2[C@H]3Cc4ccccc4[C@@H]2CNC3=O)cc(OC)c1O. The molecule has 2 aromatic carbocycles. The number of ether oxygens (including phenoxy) is 2. The molecule has 2 heterocycles. The number of piperazine rings is 1. The van der Waals surface area contributed by atoms with E-state index in [4.69, 9.17) is 9.47 Å². The molecule has 0 aromatic heterocycles. The molecule has 0 saturated carbocycles. The molecule has 7 nitrogen and oxygen atoms in total. The number of nitrogens with zero attached hydrogens (tertiary/aromatic N) is 1. The lowest BCUT2D eigenvalue weighted by molar-refractivity contribution is -0.130. The molecule has 4 rings (SSSR count). The summed E-state index contributed by atoms with van der Waals surface area (Å²) >= 11 is 0. The third-order valence-electron chi connectivity index (χ3n) is 5.23. The molecule has 2 amide bonds. The topological polar surface area (TPSA) is 88.1 Å².